The minimum absolute atomic E-state index is 0.347. The Balaban J connectivity index is 2.33. The summed E-state index contributed by atoms with van der Waals surface area (Å²) in [4.78, 5) is 14.4. The van der Waals surface area contributed by atoms with Gasteiger partial charge in [0, 0.05) is 10.9 Å². The summed E-state index contributed by atoms with van der Waals surface area (Å²) >= 11 is 0. The van der Waals surface area contributed by atoms with Gasteiger partial charge in [0.2, 0.25) is 0 Å². The number of aryl methyl sites for hydroxylation is 2. The molecule has 0 bridgehead atoms. The quantitative estimate of drug-likeness (QED) is 0.686. The van der Waals surface area contributed by atoms with Crippen molar-refractivity contribution >= 4 is 17.2 Å². The molecule has 0 saturated heterocycles. The van der Waals surface area contributed by atoms with E-state index < -0.39 is 0 Å². The van der Waals surface area contributed by atoms with Gasteiger partial charge in [-0.2, -0.15) is 0 Å². The van der Waals surface area contributed by atoms with Gasteiger partial charge in [0.05, 0.1) is 11.2 Å². The molecule has 1 aromatic heterocycles. The van der Waals surface area contributed by atoms with Gasteiger partial charge in [-0.1, -0.05) is 24.3 Å². The molecule has 3 heteroatoms. The third-order valence-corrected chi connectivity index (χ3v) is 3.74. The zero-order valence-corrected chi connectivity index (χ0v) is 11.3. The first-order valence-electron chi connectivity index (χ1n) is 6.45. The lowest BCUT2D eigenvalue weighted by Gasteiger charge is -2.04. The van der Waals surface area contributed by atoms with Crippen LogP contribution in [0.25, 0.3) is 22.2 Å². The summed E-state index contributed by atoms with van der Waals surface area (Å²) in [6.07, 6.45) is 0.781. The standard InChI is InChI=1S/C17H14FNO/c1-10-6-7-12(8-11(10)2)16-14(9-20)13-4-3-5-15(18)17(13)19-16/h3-9,19H,1-2H3. The van der Waals surface area contributed by atoms with E-state index in [2.05, 4.69) is 4.98 Å². The van der Waals surface area contributed by atoms with Crippen LogP contribution in [0.2, 0.25) is 0 Å². The number of benzene rings is 2. The topological polar surface area (TPSA) is 32.9 Å². The Kier molecular flexibility index (Phi) is 2.90. The van der Waals surface area contributed by atoms with Crippen molar-refractivity contribution in [3.8, 4) is 11.3 Å². The van der Waals surface area contributed by atoms with Gasteiger partial charge >= 0.3 is 0 Å². The number of hydrogen-bond donors (Lipinski definition) is 1. The number of nitrogens with one attached hydrogen (secondary N) is 1. The molecule has 2 aromatic carbocycles. The summed E-state index contributed by atoms with van der Waals surface area (Å²) in [6.45, 7) is 4.05. The van der Waals surface area contributed by atoms with Gasteiger partial charge in [-0.25, -0.2) is 4.39 Å². The largest absolute Gasteiger partial charge is 0.352 e. The lowest BCUT2D eigenvalue weighted by Crippen LogP contribution is -1.87. The smallest absolute Gasteiger partial charge is 0.152 e. The van der Waals surface area contributed by atoms with Gasteiger partial charge in [0.15, 0.2) is 6.29 Å². The molecular weight excluding hydrogens is 253 g/mol. The molecule has 0 aliphatic heterocycles. The first-order chi connectivity index (χ1) is 9.61. The second kappa shape index (κ2) is 4.60. The van der Waals surface area contributed by atoms with Crippen LogP contribution in [0, 0.1) is 19.7 Å². The predicted molar refractivity (Wildman–Crippen MR) is 78.6 cm³/mol. The third-order valence-electron chi connectivity index (χ3n) is 3.74. The molecule has 0 aliphatic carbocycles. The number of aromatic nitrogens is 1. The molecule has 1 N–H and O–H groups in total. The van der Waals surface area contributed by atoms with Crippen LogP contribution in [0.5, 0.6) is 0 Å². The number of aldehydes is 1. The van der Waals surface area contributed by atoms with E-state index in [1.807, 2.05) is 32.0 Å². The monoisotopic (exact) mass is 267 g/mol. The van der Waals surface area contributed by atoms with Gasteiger partial charge in [0.25, 0.3) is 0 Å². The summed E-state index contributed by atoms with van der Waals surface area (Å²) in [7, 11) is 0. The lowest BCUT2D eigenvalue weighted by molar-refractivity contribution is 0.112. The van der Waals surface area contributed by atoms with Crippen LogP contribution in [-0.2, 0) is 0 Å². The number of fused-ring (bicyclic) bond motifs is 1. The van der Waals surface area contributed by atoms with E-state index in [4.69, 9.17) is 0 Å². The first-order valence-corrected chi connectivity index (χ1v) is 6.45. The zero-order valence-electron chi connectivity index (χ0n) is 11.3. The highest BCUT2D eigenvalue weighted by atomic mass is 19.1. The van der Waals surface area contributed by atoms with E-state index in [1.165, 1.54) is 11.6 Å². The Morgan fingerprint density at radius 1 is 1.10 bits per heavy atom. The summed E-state index contributed by atoms with van der Waals surface area (Å²) in [5.41, 5.74) is 4.77. The van der Waals surface area contributed by atoms with Crippen molar-refractivity contribution in [1.82, 2.24) is 4.98 Å². The summed E-state index contributed by atoms with van der Waals surface area (Å²) < 4.78 is 13.8. The molecule has 2 nitrogen and oxygen atoms in total. The maximum absolute atomic E-state index is 13.8. The molecule has 0 aliphatic rings. The van der Waals surface area contributed by atoms with E-state index in [9.17, 15) is 9.18 Å². The molecule has 0 radical (unpaired) electrons. The fourth-order valence-electron chi connectivity index (χ4n) is 2.45. The number of rotatable bonds is 2. The highest BCUT2D eigenvalue weighted by Crippen LogP contribution is 2.31. The molecule has 0 spiro atoms. The Bertz CT molecular complexity index is 817. The maximum Gasteiger partial charge on any atom is 0.152 e. The minimum Gasteiger partial charge on any atom is -0.352 e. The normalized spacial score (nSPS) is 10.9. The van der Waals surface area contributed by atoms with E-state index in [0.717, 1.165) is 17.4 Å². The number of halogens is 1. The Hall–Kier alpha value is -2.42. The van der Waals surface area contributed by atoms with Crippen molar-refractivity contribution in [2.45, 2.75) is 13.8 Å². The number of para-hydroxylation sites is 1. The van der Waals surface area contributed by atoms with Crippen LogP contribution in [0.4, 0.5) is 4.39 Å². The number of carbonyl (C=O) groups is 1. The Morgan fingerprint density at radius 2 is 1.90 bits per heavy atom. The second-order valence-electron chi connectivity index (χ2n) is 4.99. The zero-order chi connectivity index (χ0) is 14.3. The van der Waals surface area contributed by atoms with E-state index in [1.54, 1.807) is 12.1 Å². The molecule has 3 rings (SSSR count). The van der Waals surface area contributed by atoms with Crippen LogP contribution >= 0.6 is 0 Å². The molecule has 0 fully saturated rings. The van der Waals surface area contributed by atoms with Crippen LogP contribution in [-0.4, -0.2) is 11.3 Å². The van der Waals surface area contributed by atoms with Crippen molar-refractivity contribution < 1.29 is 9.18 Å². The molecule has 0 amide bonds. The van der Waals surface area contributed by atoms with Gasteiger partial charge in [0.1, 0.15) is 5.82 Å². The number of aromatic amines is 1. The summed E-state index contributed by atoms with van der Waals surface area (Å²) in [5, 5.41) is 0.619. The minimum atomic E-state index is -0.347. The highest BCUT2D eigenvalue weighted by Gasteiger charge is 2.15. The molecule has 100 valence electrons. The molecule has 0 atom stereocenters. The number of carbonyl (C=O) groups excluding carboxylic acids is 1. The highest BCUT2D eigenvalue weighted by molar-refractivity contribution is 6.04. The fourth-order valence-corrected chi connectivity index (χ4v) is 2.45. The Labute approximate surface area is 116 Å². The van der Waals surface area contributed by atoms with Gasteiger partial charge < -0.3 is 4.98 Å². The van der Waals surface area contributed by atoms with Crippen molar-refractivity contribution in [2.24, 2.45) is 0 Å². The molecule has 3 aromatic rings. The van der Waals surface area contributed by atoms with Crippen molar-refractivity contribution in [1.29, 1.82) is 0 Å². The molecule has 0 saturated carbocycles. The van der Waals surface area contributed by atoms with E-state index >= 15 is 0 Å². The van der Waals surface area contributed by atoms with Crippen LogP contribution in [0.1, 0.15) is 21.5 Å². The molecule has 0 unspecified atom stereocenters. The van der Waals surface area contributed by atoms with Crippen LogP contribution in [0.3, 0.4) is 0 Å². The molecule has 1 heterocycles. The summed E-state index contributed by atoms with van der Waals surface area (Å²) in [5.74, 6) is -0.347. The van der Waals surface area contributed by atoms with Crippen molar-refractivity contribution in [3.05, 3.63) is 58.9 Å². The van der Waals surface area contributed by atoms with Gasteiger partial charge in [-0.3, -0.25) is 4.79 Å². The Morgan fingerprint density at radius 3 is 2.60 bits per heavy atom. The van der Waals surface area contributed by atoms with Crippen LogP contribution in [0.15, 0.2) is 36.4 Å². The fraction of sp³-hybridized carbons (Fsp3) is 0.118. The van der Waals surface area contributed by atoms with Crippen molar-refractivity contribution in [2.75, 3.05) is 0 Å². The number of hydrogen-bond acceptors (Lipinski definition) is 1. The summed E-state index contributed by atoms with van der Waals surface area (Å²) in [6, 6.07) is 10.7. The SMILES string of the molecule is Cc1ccc(-c2[nH]c3c(F)cccc3c2C=O)cc1C. The lowest BCUT2D eigenvalue weighted by atomic mass is 10.0. The van der Waals surface area contributed by atoms with Gasteiger partial charge in [-0.15, -0.1) is 0 Å². The van der Waals surface area contributed by atoms with E-state index in [-0.39, 0.29) is 5.82 Å². The van der Waals surface area contributed by atoms with Crippen LogP contribution < -0.4 is 0 Å². The maximum atomic E-state index is 13.8. The molecular formula is C17H14FNO. The number of H-pyrrole nitrogens is 1. The van der Waals surface area contributed by atoms with E-state index in [0.29, 0.717) is 22.2 Å². The average molecular weight is 267 g/mol. The average Bonchev–Trinajstić information content (AvgIpc) is 2.82. The second-order valence-corrected chi connectivity index (χ2v) is 4.99. The predicted octanol–water partition coefficient (Wildman–Crippen LogP) is 4.40. The third kappa shape index (κ3) is 1.83. The van der Waals surface area contributed by atoms with Crippen molar-refractivity contribution in [3.63, 3.8) is 0 Å². The first kappa shape index (κ1) is 12.6. The van der Waals surface area contributed by atoms with Gasteiger partial charge in [-0.05, 0) is 42.7 Å². The molecule has 20 heavy (non-hydrogen) atoms.